The van der Waals surface area contributed by atoms with E-state index in [0.717, 1.165) is 11.1 Å². The van der Waals surface area contributed by atoms with Gasteiger partial charge < -0.3 is 4.74 Å². The summed E-state index contributed by atoms with van der Waals surface area (Å²) in [5.74, 6) is -2.53. The van der Waals surface area contributed by atoms with Gasteiger partial charge in [0.2, 0.25) is 5.88 Å². The topological polar surface area (TPSA) is 65.2 Å². The van der Waals surface area contributed by atoms with E-state index in [2.05, 4.69) is 9.97 Å². The minimum absolute atomic E-state index is 0.200. The number of aromatic nitrogens is 4. The fourth-order valence-electron chi connectivity index (χ4n) is 4.75. The van der Waals surface area contributed by atoms with Crippen molar-refractivity contribution in [2.75, 3.05) is 26.7 Å². The molecule has 1 aromatic carbocycles. The summed E-state index contributed by atoms with van der Waals surface area (Å²) in [5.41, 5.74) is 2.91. The second kappa shape index (κ2) is 7.91. The van der Waals surface area contributed by atoms with Gasteiger partial charge in [-0.05, 0) is 36.7 Å². The Morgan fingerprint density at radius 3 is 2.61 bits per heavy atom. The Balaban J connectivity index is 1.73. The van der Waals surface area contributed by atoms with Crippen LogP contribution in [0.15, 0.2) is 47.5 Å². The van der Waals surface area contributed by atoms with Gasteiger partial charge in [-0.1, -0.05) is 13.0 Å². The van der Waals surface area contributed by atoms with Gasteiger partial charge in [0.25, 0.3) is 5.92 Å². The molecule has 0 bridgehead atoms. The van der Waals surface area contributed by atoms with Crippen molar-refractivity contribution in [3.63, 3.8) is 0 Å². The van der Waals surface area contributed by atoms with Gasteiger partial charge in [0.05, 0.1) is 36.4 Å². The third kappa shape index (κ3) is 3.47. The number of likely N-dealkylation sites (tertiary alicyclic amines) is 1. The molecule has 0 N–H and O–H groups in total. The maximum atomic E-state index is 15.3. The molecule has 0 aliphatic carbocycles. The van der Waals surface area contributed by atoms with Crippen molar-refractivity contribution >= 4 is 21.9 Å². The van der Waals surface area contributed by atoms with Gasteiger partial charge in [0.15, 0.2) is 0 Å². The second-order valence-electron chi connectivity index (χ2n) is 8.46. The van der Waals surface area contributed by atoms with Crippen molar-refractivity contribution < 1.29 is 13.5 Å². The first-order valence-electron chi connectivity index (χ1n) is 10.9. The third-order valence-corrected chi connectivity index (χ3v) is 6.59. The van der Waals surface area contributed by atoms with E-state index in [4.69, 9.17) is 4.74 Å². The summed E-state index contributed by atoms with van der Waals surface area (Å²) in [6, 6.07) is 8.07. The van der Waals surface area contributed by atoms with E-state index < -0.39 is 17.7 Å². The van der Waals surface area contributed by atoms with E-state index in [1.807, 2.05) is 31.2 Å². The average Bonchev–Trinajstić information content (AvgIpc) is 3.08. The number of halogens is 2. The number of aryl methyl sites for hydroxylation is 1. The zero-order valence-corrected chi connectivity index (χ0v) is 18.8. The quantitative estimate of drug-likeness (QED) is 0.470. The number of hydrogen-bond donors (Lipinski definition) is 0. The zero-order valence-electron chi connectivity index (χ0n) is 18.8. The first kappa shape index (κ1) is 21.5. The summed E-state index contributed by atoms with van der Waals surface area (Å²) in [5, 5.41) is 0.659. The van der Waals surface area contributed by atoms with Gasteiger partial charge in [-0.15, -0.1) is 0 Å². The predicted molar refractivity (Wildman–Crippen MR) is 123 cm³/mol. The highest BCUT2D eigenvalue weighted by Gasteiger charge is 2.46. The number of piperidine rings is 1. The number of benzene rings is 1. The third-order valence-electron chi connectivity index (χ3n) is 6.59. The number of alkyl halides is 2. The number of pyridine rings is 2. The number of methoxy groups -OCH3 is 1. The number of rotatable bonds is 4. The first-order chi connectivity index (χ1) is 15.8. The molecule has 3 aromatic heterocycles. The van der Waals surface area contributed by atoms with Gasteiger partial charge in [-0.25, -0.2) is 18.6 Å². The highest BCUT2D eigenvalue weighted by atomic mass is 19.3. The summed E-state index contributed by atoms with van der Waals surface area (Å²) in [6.45, 7) is 2.59. The summed E-state index contributed by atoms with van der Waals surface area (Å²) in [7, 11) is 3.15. The van der Waals surface area contributed by atoms with Crippen LogP contribution in [-0.2, 0) is 7.05 Å². The molecule has 0 radical (unpaired) electrons. The van der Waals surface area contributed by atoms with E-state index in [9.17, 15) is 4.79 Å². The standard InChI is InChI=1S/C24H25F2N5O2/c1-4-30-10-9-20(24(25,26)14-30)31-22-17-11-15(16-6-8-21(33-3)28-12-16)5-7-18(17)27-13-19(22)29(2)23(31)32/h5-8,11-13,20H,4,9-10,14H2,1-3H3. The molecule has 1 aliphatic heterocycles. The Labute approximate surface area is 189 Å². The molecule has 1 aliphatic rings. The van der Waals surface area contributed by atoms with Crippen molar-refractivity contribution in [2.24, 2.45) is 7.05 Å². The number of ether oxygens (including phenoxy) is 1. The smallest absolute Gasteiger partial charge is 0.329 e. The van der Waals surface area contributed by atoms with Crippen LogP contribution in [0, 0.1) is 0 Å². The number of hydrogen-bond acceptors (Lipinski definition) is 5. The molecule has 1 saturated heterocycles. The normalized spacial score (nSPS) is 18.8. The van der Waals surface area contributed by atoms with Crippen LogP contribution in [0.1, 0.15) is 19.4 Å². The predicted octanol–water partition coefficient (Wildman–Crippen LogP) is 3.86. The molecule has 33 heavy (non-hydrogen) atoms. The molecule has 5 rings (SSSR count). The Kier molecular flexibility index (Phi) is 5.16. The molecule has 1 atom stereocenters. The van der Waals surface area contributed by atoms with E-state index in [1.54, 1.807) is 37.5 Å². The lowest BCUT2D eigenvalue weighted by Crippen LogP contribution is -2.50. The van der Waals surface area contributed by atoms with Crippen molar-refractivity contribution in [2.45, 2.75) is 25.3 Å². The molecule has 1 fully saturated rings. The van der Waals surface area contributed by atoms with Gasteiger partial charge in [-0.2, -0.15) is 0 Å². The molecular weight excluding hydrogens is 428 g/mol. The molecule has 7 nitrogen and oxygen atoms in total. The lowest BCUT2D eigenvalue weighted by molar-refractivity contribution is -0.102. The van der Waals surface area contributed by atoms with Crippen molar-refractivity contribution in [3.8, 4) is 17.0 Å². The maximum Gasteiger partial charge on any atom is 0.329 e. The van der Waals surface area contributed by atoms with Crippen LogP contribution in [0.4, 0.5) is 8.78 Å². The molecule has 0 spiro atoms. The first-order valence-corrected chi connectivity index (χ1v) is 10.9. The molecule has 9 heteroatoms. The Bertz CT molecular complexity index is 1390. The monoisotopic (exact) mass is 453 g/mol. The number of fused-ring (bicyclic) bond motifs is 3. The lowest BCUT2D eigenvalue weighted by atomic mass is 9.99. The van der Waals surface area contributed by atoms with Crippen LogP contribution in [0.25, 0.3) is 33.1 Å². The van der Waals surface area contributed by atoms with E-state index in [0.29, 0.717) is 40.9 Å². The summed E-state index contributed by atoms with van der Waals surface area (Å²) in [4.78, 5) is 23.7. The van der Waals surface area contributed by atoms with E-state index in [-0.39, 0.29) is 13.0 Å². The number of imidazole rings is 1. The fraction of sp³-hybridized carbons (Fsp3) is 0.375. The van der Waals surface area contributed by atoms with Crippen LogP contribution in [0.3, 0.4) is 0 Å². The van der Waals surface area contributed by atoms with E-state index >= 15 is 8.78 Å². The van der Waals surface area contributed by atoms with Crippen molar-refractivity contribution in [3.05, 3.63) is 53.2 Å². The van der Waals surface area contributed by atoms with E-state index in [1.165, 1.54) is 9.13 Å². The van der Waals surface area contributed by atoms with Gasteiger partial charge in [0.1, 0.15) is 6.04 Å². The van der Waals surface area contributed by atoms with Crippen LogP contribution in [0.5, 0.6) is 5.88 Å². The Morgan fingerprint density at radius 1 is 1.15 bits per heavy atom. The summed E-state index contributed by atoms with van der Waals surface area (Å²) in [6.07, 6.45) is 3.48. The Hall–Kier alpha value is -3.33. The lowest BCUT2D eigenvalue weighted by Gasteiger charge is -2.38. The maximum absolute atomic E-state index is 15.3. The summed E-state index contributed by atoms with van der Waals surface area (Å²) >= 11 is 0. The van der Waals surface area contributed by atoms with Crippen molar-refractivity contribution in [1.29, 1.82) is 0 Å². The van der Waals surface area contributed by atoms with Gasteiger partial charge in [0, 0.05) is 36.8 Å². The van der Waals surface area contributed by atoms with Crippen molar-refractivity contribution in [1.82, 2.24) is 24.0 Å². The molecule has 1 unspecified atom stereocenters. The highest BCUT2D eigenvalue weighted by Crippen LogP contribution is 2.39. The fourth-order valence-corrected chi connectivity index (χ4v) is 4.75. The van der Waals surface area contributed by atoms with Gasteiger partial charge in [-0.3, -0.25) is 19.0 Å². The van der Waals surface area contributed by atoms with Crippen LogP contribution in [-0.4, -0.2) is 56.7 Å². The second-order valence-corrected chi connectivity index (χ2v) is 8.46. The molecular formula is C24H25F2N5O2. The minimum atomic E-state index is -3.03. The zero-order chi connectivity index (χ0) is 23.3. The van der Waals surface area contributed by atoms with Crippen LogP contribution < -0.4 is 10.4 Å². The van der Waals surface area contributed by atoms with Crippen LogP contribution in [0.2, 0.25) is 0 Å². The highest BCUT2D eigenvalue weighted by molar-refractivity contribution is 6.04. The summed E-state index contributed by atoms with van der Waals surface area (Å²) < 4.78 is 38.4. The molecule has 172 valence electrons. The number of nitrogens with zero attached hydrogens (tertiary/aromatic N) is 5. The molecule has 0 amide bonds. The molecule has 4 aromatic rings. The minimum Gasteiger partial charge on any atom is -0.481 e. The SMILES string of the molecule is CCN1CCC(n2c(=O)n(C)c3cnc4ccc(-c5ccc(OC)nc5)cc4c32)C(F)(F)C1. The largest absolute Gasteiger partial charge is 0.481 e. The van der Waals surface area contributed by atoms with Crippen LogP contribution >= 0.6 is 0 Å². The molecule has 4 heterocycles. The Morgan fingerprint density at radius 2 is 1.94 bits per heavy atom. The van der Waals surface area contributed by atoms with Gasteiger partial charge >= 0.3 is 5.69 Å². The molecule has 0 saturated carbocycles. The average molecular weight is 453 g/mol.